The van der Waals surface area contributed by atoms with Crippen molar-refractivity contribution in [3.8, 4) is 11.1 Å². The van der Waals surface area contributed by atoms with Crippen molar-refractivity contribution >= 4 is 5.69 Å². The van der Waals surface area contributed by atoms with Gasteiger partial charge in [0.25, 0.3) is 0 Å². The van der Waals surface area contributed by atoms with E-state index in [0.717, 1.165) is 12.8 Å². The van der Waals surface area contributed by atoms with Gasteiger partial charge in [-0.3, -0.25) is 0 Å². The van der Waals surface area contributed by atoms with Crippen molar-refractivity contribution in [3.63, 3.8) is 0 Å². The first-order valence-corrected chi connectivity index (χ1v) is 8.72. The van der Waals surface area contributed by atoms with Gasteiger partial charge in [0.1, 0.15) is 0 Å². The lowest BCUT2D eigenvalue weighted by Crippen LogP contribution is -2.36. The first-order valence-electron chi connectivity index (χ1n) is 8.72. The van der Waals surface area contributed by atoms with E-state index in [1.807, 2.05) is 0 Å². The van der Waals surface area contributed by atoms with Crippen LogP contribution < -0.4 is 4.90 Å². The lowest BCUT2D eigenvalue weighted by atomic mass is 9.79. The van der Waals surface area contributed by atoms with Crippen molar-refractivity contribution in [3.05, 3.63) is 101 Å². The molecule has 24 heavy (non-hydrogen) atoms. The van der Waals surface area contributed by atoms with Gasteiger partial charge in [0.05, 0.1) is 6.04 Å². The van der Waals surface area contributed by atoms with Crippen LogP contribution in [0.15, 0.2) is 95.3 Å². The second-order valence-electron chi connectivity index (χ2n) is 6.86. The van der Waals surface area contributed by atoms with Crippen molar-refractivity contribution in [2.45, 2.75) is 18.9 Å². The fourth-order valence-electron chi connectivity index (χ4n) is 4.80. The summed E-state index contributed by atoms with van der Waals surface area (Å²) in [6.45, 7) is 0. The summed E-state index contributed by atoms with van der Waals surface area (Å²) in [5.41, 5.74) is 11.4. The zero-order valence-electron chi connectivity index (χ0n) is 13.4. The predicted octanol–water partition coefficient (Wildman–Crippen LogP) is 5.70. The number of para-hydroxylation sites is 1. The quantitative estimate of drug-likeness (QED) is 0.603. The van der Waals surface area contributed by atoms with Gasteiger partial charge in [0.2, 0.25) is 0 Å². The number of allylic oxidation sites excluding steroid dienone is 5. The highest BCUT2D eigenvalue weighted by Crippen LogP contribution is 2.56. The molecule has 6 rings (SSSR count). The molecule has 114 valence electrons. The summed E-state index contributed by atoms with van der Waals surface area (Å²) in [5, 5.41) is 0. The Bertz CT molecular complexity index is 1020. The number of hydrogen-bond donors (Lipinski definition) is 0. The Morgan fingerprint density at radius 3 is 2.67 bits per heavy atom. The molecule has 0 amide bonds. The Hall–Kier alpha value is -2.80. The highest BCUT2D eigenvalue weighted by molar-refractivity contribution is 5.90. The van der Waals surface area contributed by atoms with E-state index in [1.54, 1.807) is 0 Å². The summed E-state index contributed by atoms with van der Waals surface area (Å²) in [5.74, 6) is 0. The lowest BCUT2D eigenvalue weighted by Gasteiger charge is -2.45. The van der Waals surface area contributed by atoms with Crippen LogP contribution in [0.1, 0.15) is 24.4 Å². The van der Waals surface area contributed by atoms with E-state index in [-0.39, 0.29) is 0 Å². The maximum absolute atomic E-state index is 2.60. The molecule has 1 nitrogen and oxygen atoms in total. The molecule has 1 unspecified atom stereocenters. The molecule has 0 radical (unpaired) electrons. The molecule has 2 aromatic carbocycles. The third kappa shape index (κ3) is 1.41. The second kappa shape index (κ2) is 4.39. The van der Waals surface area contributed by atoms with Gasteiger partial charge >= 0.3 is 0 Å². The molecule has 2 aromatic rings. The SMILES string of the molecule is C1=CC2=C(C1)N1c3ccccc3-c3ccccc3C1C1=CCC=C12. The maximum atomic E-state index is 2.60. The molecule has 0 N–H and O–H groups in total. The van der Waals surface area contributed by atoms with Crippen LogP contribution in [-0.2, 0) is 0 Å². The van der Waals surface area contributed by atoms with Crippen molar-refractivity contribution in [1.29, 1.82) is 0 Å². The van der Waals surface area contributed by atoms with Crippen LogP contribution >= 0.6 is 0 Å². The summed E-state index contributed by atoms with van der Waals surface area (Å²) in [7, 11) is 0. The molecule has 0 fully saturated rings. The monoisotopic (exact) mass is 307 g/mol. The van der Waals surface area contributed by atoms with Crippen LogP contribution in [0.2, 0.25) is 0 Å². The minimum absolute atomic E-state index is 0.323. The van der Waals surface area contributed by atoms with Gasteiger partial charge in [-0.15, -0.1) is 0 Å². The fraction of sp³-hybridized carbons (Fsp3) is 0.130. The minimum atomic E-state index is 0.323. The van der Waals surface area contributed by atoms with Crippen LogP contribution in [0.3, 0.4) is 0 Å². The normalized spacial score (nSPS) is 22.3. The van der Waals surface area contributed by atoms with Gasteiger partial charge < -0.3 is 4.90 Å². The fourth-order valence-corrected chi connectivity index (χ4v) is 4.80. The Morgan fingerprint density at radius 1 is 0.875 bits per heavy atom. The maximum Gasteiger partial charge on any atom is 0.0851 e. The van der Waals surface area contributed by atoms with E-state index in [9.17, 15) is 0 Å². The summed E-state index contributed by atoms with van der Waals surface area (Å²) >= 11 is 0. The molecule has 0 spiro atoms. The number of rotatable bonds is 0. The number of fused-ring (bicyclic) bond motifs is 10. The Balaban J connectivity index is 1.73. The Kier molecular flexibility index (Phi) is 2.30. The van der Waals surface area contributed by atoms with Gasteiger partial charge in [-0.05, 0) is 34.8 Å². The van der Waals surface area contributed by atoms with E-state index in [0.29, 0.717) is 6.04 Å². The number of benzene rings is 2. The first-order chi connectivity index (χ1) is 11.9. The van der Waals surface area contributed by atoms with E-state index >= 15 is 0 Å². The summed E-state index contributed by atoms with van der Waals surface area (Å²) in [4.78, 5) is 2.60. The van der Waals surface area contributed by atoms with Gasteiger partial charge in [0.15, 0.2) is 0 Å². The predicted molar refractivity (Wildman–Crippen MR) is 98.7 cm³/mol. The zero-order valence-corrected chi connectivity index (χ0v) is 13.4. The van der Waals surface area contributed by atoms with Gasteiger partial charge in [-0.1, -0.05) is 66.8 Å². The van der Waals surface area contributed by atoms with Crippen LogP contribution in [0.4, 0.5) is 5.69 Å². The van der Waals surface area contributed by atoms with Crippen LogP contribution in [0.5, 0.6) is 0 Å². The summed E-state index contributed by atoms with van der Waals surface area (Å²) in [6.07, 6.45) is 11.6. The van der Waals surface area contributed by atoms with Crippen molar-refractivity contribution in [2.75, 3.05) is 4.90 Å². The van der Waals surface area contributed by atoms with E-state index < -0.39 is 0 Å². The van der Waals surface area contributed by atoms with Crippen molar-refractivity contribution < 1.29 is 0 Å². The third-order valence-electron chi connectivity index (χ3n) is 5.72. The zero-order chi connectivity index (χ0) is 15.7. The van der Waals surface area contributed by atoms with Crippen LogP contribution in [-0.4, -0.2) is 0 Å². The summed E-state index contributed by atoms with van der Waals surface area (Å²) in [6, 6.07) is 18.1. The van der Waals surface area contributed by atoms with E-state index in [2.05, 4.69) is 77.7 Å². The van der Waals surface area contributed by atoms with E-state index in [4.69, 9.17) is 0 Å². The molecule has 0 saturated heterocycles. The van der Waals surface area contributed by atoms with Gasteiger partial charge in [-0.2, -0.15) is 0 Å². The average molecular weight is 307 g/mol. The first kappa shape index (κ1) is 12.6. The molecule has 2 aliphatic heterocycles. The van der Waals surface area contributed by atoms with Gasteiger partial charge in [0, 0.05) is 28.9 Å². The molecule has 0 saturated carbocycles. The topological polar surface area (TPSA) is 3.24 Å². The molecule has 1 atom stereocenters. The van der Waals surface area contributed by atoms with Crippen LogP contribution in [0, 0.1) is 0 Å². The molecule has 2 aliphatic carbocycles. The largest absolute Gasteiger partial charge is 0.332 e. The second-order valence-corrected chi connectivity index (χ2v) is 6.86. The molecule has 0 bridgehead atoms. The number of anilines is 1. The molecular weight excluding hydrogens is 290 g/mol. The third-order valence-corrected chi connectivity index (χ3v) is 5.72. The average Bonchev–Trinajstić information content (AvgIpc) is 3.30. The highest BCUT2D eigenvalue weighted by atomic mass is 15.2. The molecule has 2 heterocycles. The molecule has 4 aliphatic rings. The van der Waals surface area contributed by atoms with Crippen LogP contribution in [0.25, 0.3) is 11.1 Å². The minimum Gasteiger partial charge on any atom is -0.332 e. The van der Waals surface area contributed by atoms with Crippen molar-refractivity contribution in [2.24, 2.45) is 0 Å². The smallest absolute Gasteiger partial charge is 0.0851 e. The number of nitrogens with zero attached hydrogens (tertiary/aromatic N) is 1. The highest BCUT2D eigenvalue weighted by Gasteiger charge is 2.42. The molecule has 0 aromatic heterocycles. The lowest BCUT2D eigenvalue weighted by molar-refractivity contribution is 0.735. The van der Waals surface area contributed by atoms with Crippen molar-refractivity contribution in [1.82, 2.24) is 0 Å². The number of hydrogen-bond acceptors (Lipinski definition) is 1. The molecular formula is C23H17N. The Labute approximate surface area is 141 Å². The Morgan fingerprint density at radius 2 is 1.71 bits per heavy atom. The van der Waals surface area contributed by atoms with E-state index in [1.165, 1.54) is 44.8 Å². The summed E-state index contributed by atoms with van der Waals surface area (Å²) < 4.78 is 0. The molecule has 1 heteroatoms. The van der Waals surface area contributed by atoms with Gasteiger partial charge in [-0.25, -0.2) is 0 Å². The standard InChI is InChI=1S/C23H17N/c1-2-9-19-15(7-1)17-8-3-4-13-21(17)24-22-14-6-11-18(22)16-10-5-12-20(16)23(19)24/h1-4,6-13,23H,5,14H2.